The fourth-order valence-corrected chi connectivity index (χ4v) is 4.07. The van der Waals surface area contributed by atoms with Crippen molar-refractivity contribution in [1.82, 2.24) is 10.2 Å². The van der Waals surface area contributed by atoms with Crippen molar-refractivity contribution in [1.29, 1.82) is 0 Å². The molecule has 0 aromatic heterocycles. The van der Waals surface area contributed by atoms with Gasteiger partial charge in [0.15, 0.2) is 0 Å². The third-order valence-corrected chi connectivity index (χ3v) is 6.20. The number of carbonyl (C=O) groups excluding carboxylic acids is 2. The van der Waals surface area contributed by atoms with E-state index >= 15 is 0 Å². The highest BCUT2D eigenvalue weighted by atomic mass is 35.5. The standard InChI is InChI=1S/C22H26ClF2N3O4S/c1-14(2)26-22(30)15(3)27(12-16-7-5-6-8-19(16)24)21(29)13-28(33(4,31)32)17-9-10-20(25)18(23)11-17/h5-11,14-15H,12-13H2,1-4H3,(H,26,30). The van der Waals surface area contributed by atoms with Gasteiger partial charge in [0, 0.05) is 18.2 Å². The lowest BCUT2D eigenvalue weighted by Crippen LogP contribution is -2.52. The largest absolute Gasteiger partial charge is 0.352 e. The van der Waals surface area contributed by atoms with Crippen LogP contribution < -0.4 is 9.62 Å². The zero-order valence-corrected chi connectivity index (χ0v) is 20.3. The molecule has 0 fully saturated rings. The number of carbonyl (C=O) groups is 2. The van der Waals surface area contributed by atoms with E-state index in [1.165, 1.54) is 31.2 Å². The minimum absolute atomic E-state index is 0.0256. The fourth-order valence-electron chi connectivity index (χ4n) is 3.05. The van der Waals surface area contributed by atoms with Crippen molar-refractivity contribution >= 4 is 39.1 Å². The molecule has 0 aliphatic rings. The number of hydrogen-bond donors (Lipinski definition) is 1. The molecule has 1 atom stereocenters. The van der Waals surface area contributed by atoms with Crippen LogP contribution in [0.1, 0.15) is 26.3 Å². The summed E-state index contributed by atoms with van der Waals surface area (Å²) in [6.45, 7) is 4.00. The fraction of sp³-hybridized carbons (Fsp3) is 0.364. The van der Waals surface area contributed by atoms with E-state index in [0.717, 1.165) is 27.6 Å². The molecule has 2 aromatic carbocycles. The molecule has 0 spiro atoms. The highest BCUT2D eigenvalue weighted by Gasteiger charge is 2.31. The van der Waals surface area contributed by atoms with Crippen molar-refractivity contribution in [3.63, 3.8) is 0 Å². The number of anilines is 1. The second kappa shape index (κ2) is 10.9. The molecular formula is C22H26ClF2N3O4S. The van der Waals surface area contributed by atoms with Crippen LogP contribution in [0.15, 0.2) is 42.5 Å². The maximum Gasteiger partial charge on any atom is 0.244 e. The second-order valence-corrected chi connectivity index (χ2v) is 10.1. The minimum Gasteiger partial charge on any atom is -0.352 e. The van der Waals surface area contributed by atoms with Gasteiger partial charge in [0.25, 0.3) is 0 Å². The van der Waals surface area contributed by atoms with Gasteiger partial charge in [-0.2, -0.15) is 0 Å². The summed E-state index contributed by atoms with van der Waals surface area (Å²) in [7, 11) is -3.99. The van der Waals surface area contributed by atoms with Crippen molar-refractivity contribution in [2.75, 3.05) is 17.1 Å². The summed E-state index contributed by atoms with van der Waals surface area (Å²) in [5.41, 5.74) is 0.133. The second-order valence-electron chi connectivity index (χ2n) is 7.82. The molecule has 1 unspecified atom stereocenters. The van der Waals surface area contributed by atoms with Crippen molar-refractivity contribution < 1.29 is 26.8 Å². The number of halogens is 3. The molecule has 0 saturated carbocycles. The quantitative estimate of drug-likeness (QED) is 0.571. The first-order chi connectivity index (χ1) is 15.3. The van der Waals surface area contributed by atoms with Crippen molar-refractivity contribution in [2.24, 2.45) is 0 Å². The number of rotatable bonds is 9. The van der Waals surface area contributed by atoms with Crippen LogP contribution in [-0.2, 0) is 26.2 Å². The van der Waals surface area contributed by atoms with E-state index in [1.54, 1.807) is 19.9 Å². The lowest BCUT2D eigenvalue weighted by atomic mass is 10.1. The summed E-state index contributed by atoms with van der Waals surface area (Å²) >= 11 is 5.79. The van der Waals surface area contributed by atoms with Gasteiger partial charge in [-0.1, -0.05) is 29.8 Å². The van der Waals surface area contributed by atoms with E-state index < -0.39 is 46.1 Å². The van der Waals surface area contributed by atoms with Crippen molar-refractivity contribution in [3.05, 3.63) is 64.7 Å². The molecule has 1 N–H and O–H groups in total. The van der Waals surface area contributed by atoms with Gasteiger partial charge in [0.2, 0.25) is 21.8 Å². The Hall–Kier alpha value is -2.72. The first kappa shape index (κ1) is 26.5. The Morgan fingerprint density at radius 1 is 1.06 bits per heavy atom. The van der Waals surface area contributed by atoms with Gasteiger partial charge < -0.3 is 10.2 Å². The third-order valence-electron chi connectivity index (χ3n) is 4.77. The number of nitrogens with one attached hydrogen (secondary N) is 1. The molecule has 11 heteroatoms. The Bertz CT molecular complexity index is 1130. The summed E-state index contributed by atoms with van der Waals surface area (Å²) in [6.07, 6.45) is 0.883. The highest BCUT2D eigenvalue weighted by Crippen LogP contribution is 2.25. The molecule has 0 heterocycles. The van der Waals surface area contributed by atoms with Gasteiger partial charge >= 0.3 is 0 Å². The van der Waals surface area contributed by atoms with Crippen LogP contribution in [-0.4, -0.2) is 50.0 Å². The third kappa shape index (κ3) is 7.13. The van der Waals surface area contributed by atoms with Gasteiger partial charge in [-0.25, -0.2) is 17.2 Å². The molecule has 2 aromatic rings. The molecule has 0 radical (unpaired) electrons. The van der Waals surface area contributed by atoms with Crippen LogP contribution in [0.25, 0.3) is 0 Å². The Labute approximate surface area is 197 Å². The predicted octanol–water partition coefficient (Wildman–Crippen LogP) is 3.33. The highest BCUT2D eigenvalue weighted by molar-refractivity contribution is 7.92. The van der Waals surface area contributed by atoms with E-state index in [2.05, 4.69) is 5.32 Å². The summed E-state index contributed by atoms with van der Waals surface area (Å²) in [5.74, 6) is -2.56. The van der Waals surface area contributed by atoms with Gasteiger partial charge in [-0.15, -0.1) is 0 Å². The number of amides is 2. The summed E-state index contributed by atoms with van der Waals surface area (Å²) in [6, 6.07) is 7.77. The number of benzene rings is 2. The maximum atomic E-state index is 14.3. The van der Waals surface area contributed by atoms with Crippen LogP contribution in [0.3, 0.4) is 0 Å². The molecule has 0 bridgehead atoms. The van der Waals surface area contributed by atoms with Gasteiger partial charge in [0.05, 0.1) is 17.0 Å². The van der Waals surface area contributed by atoms with Gasteiger partial charge in [-0.3, -0.25) is 13.9 Å². The monoisotopic (exact) mass is 501 g/mol. The van der Waals surface area contributed by atoms with E-state index in [-0.39, 0.29) is 28.9 Å². The molecule has 2 rings (SSSR count). The van der Waals surface area contributed by atoms with E-state index in [9.17, 15) is 26.8 Å². The van der Waals surface area contributed by atoms with E-state index in [1.807, 2.05) is 0 Å². The molecule has 0 saturated heterocycles. The zero-order valence-electron chi connectivity index (χ0n) is 18.7. The van der Waals surface area contributed by atoms with Crippen LogP contribution in [0.4, 0.5) is 14.5 Å². The Kier molecular flexibility index (Phi) is 8.79. The van der Waals surface area contributed by atoms with Crippen molar-refractivity contribution in [3.8, 4) is 0 Å². The Morgan fingerprint density at radius 3 is 2.24 bits per heavy atom. The van der Waals surface area contributed by atoms with Crippen LogP contribution in [0, 0.1) is 11.6 Å². The summed E-state index contributed by atoms with van der Waals surface area (Å²) in [4.78, 5) is 27.0. The van der Waals surface area contributed by atoms with Crippen LogP contribution in [0.2, 0.25) is 5.02 Å². The molecular weight excluding hydrogens is 476 g/mol. The Balaban J connectivity index is 2.43. The lowest BCUT2D eigenvalue weighted by molar-refractivity contribution is -0.139. The maximum absolute atomic E-state index is 14.3. The zero-order chi connectivity index (χ0) is 24.9. The summed E-state index contributed by atoms with van der Waals surface area (Å²) < 4.78 is 53.5. The molecule has 33 heavy (non-hydrogen) atoms. The normalized spacial score (nSPS) is 12.4. The molecule has 7 nitrogen and oxygen atoms in total. The van der Waals surface area contributed by atoms with Gasteiger partial charge in [0.1, 0.15) is 24.2 Å². The Morgan fingerprint density at radius 2 is 1.70 bits per heavy atom. The number of nitrogens with zero attached hydrogens (tertiary/aromatic N) is 2. The van der Waals surface area contributed by atoms with Gasteiger partial charge in [-0.05, 0) is 45.0 Å². The molecule has 180 valence electrons. The van der Waals surface area contributed by atoms with Crippen LogP contribution in [0.5, 0.6) is 0 Å². The predicted molar refractivity (Wildman–Crippen MR) is 123 cm³/mol. The van der Waals surface area contributed by atoms with Crippen molar-refractivity contribution in [2.45, 2.75) is 39.4 Å². The summed E-state index contributed by atoms with van der Waals surface area (Å²) in [5, 5.41) is 2.37. The average Bonchev–Trinajstić information content (AvgIpc) is 2.71. The molecule has 0 aliphatic heterocycles. The molecule has 2 amide bonds. The number of hydrogen-bond acceptors (Lipinski definition) is 4. The SMILES string of the molecule is CC(C)NC(=O)C(C)N(Cc1ccccc1F)C(=O)CN(c1ccc(F)c(Cl)c1)S(C)(=O)=O. The first-order valence-electron chi connectivity index (χ1n) is 10.1. The van der Waals surface area contributed by atoms with E-state index in [4.69, 9.17) is 11.6 Å². The topological polar surface area (TPSA) is 86.8 Å². The first-order valence-corrected chi connectivity index (χ1v) is 12.3. The minimum atomic E-state index is -3.99. The molecule has 0 aliphatic carbocycles. The van der Waals surface area contributed by atoms with E-state index in [0.29, 0.717) is 0 Å². The smallest absolute Gasteiger partial charge is 0.244 e. The van der Waals surface area contributed by atoms with Crippen LogP contribution >= 0.6 is 11.6 Å². The lowest BCUT2D eigenvalue weighted by Gasteiger charge is -2.32. The number of sulfonamides is 1. The average molecular weight is 502 g/mol.